The van der Waals surface area contributed by atoms with Gasteiger partial charge in [0, 0.05) is 6.54 Å². The van der Waals surface area contributed by atoms with E-state index in [0.717, 1.165) is 5.56 Å². The lowest BCUT2D eigenvalue weighted by Gasteiger charge is -2.27. The van der Waals surface area contributed by atoms with Crippen LogP contribution >= 0.6 is 0 Å². The molecular weight excluding hydrogens is 394 g/mol. The van der Waals surface area contributed by atoms with Crippen LogP contribution in [0.5, 0.6) is 0 Å². The van der Waals surface area contributed by atoms with Crippen LogP contribution in [0.15, 0.2) is 30.3 Å². The molecule has 0 aliphatic carbocycles. The van der Waals surface area contributed by atoms with Crippen LogP contribution in [-0.4, -0.2) is 71.6 Å². The van der Waals surface area contributed by atoms with Gasteiger partial charge in [0.05, 0.1) is 6.10 Å². The molecule has 1 aromatic rings. The van der Waals surface area contributed by atoms with Gasteiger partial charge in [-0.2, -0.15) is 0 Å². The lowest BCUT2D eigenvalue weighted by molar-refractivity contribution is -0.163. The molecule has 0 radical (unpaired) electrons. The SMILES string of the molecule is CN[C@H](C(=O)O[C@H](C)[C@H](N)C(=O)O)[C@@H](C)OC(=O)[C@@H](NCc1ccccc1)[C@@H](C)O. The van der Waals surface area contributed by atoms with Gasteiger partial charge in [0.15, 0.2) is 0 Å². The van der Waals surface area contributed by atoms with Gasteiger partial charge in [-0.05, 0) is 33.4 Å². The number of aliphatic hydroxyl groups excluding tert-OH is 1. The van der Waals surface area contributed by atoms with Crippen LogP contribution in [0.25, 0.3) is 0 Å². The second kappa shape index (κ2) is 12.2. The van der Waals surface area contributed by atoms with E-state index in [-0.39, 0.29) is 0 Å². The van der Waals surface area contributed by atoms with Gasteiger partial charge in [-0.3, -0.25) is 19.7 Å². The lowest BCUT2D eigenvalue weighted by atomic mass is 10.1. The number of ether oxygens (including phenoxy) is 2. The van der Waals surface area contributed by atoms with Crippen molar-refractivity contribution in [2.75, 3.05) is 7.05 Å². The number of esters is 2. The van der Waals surface area contributed by atoms with E-state index in [1.165, 1.54) is 27.8 Å². The van der Waals surface area contributed by atoms with E-state index in [9.17, 15) is 19.5 Å². The van der Waals surface area contributed by atoms with Crippen LogP contribution < -0.4 is 16.4 Å². The number of carboxylic acids is 1. The molecule has 0 saturated carbocycles. The van der Waals surface area contributed by atoms with E-state index < -0.39 is 54.3 Å². The van der Waals surface area contributed by atoms with Crippen molar-refractivity contribution in [3.63, 3.8) is 0 Å². The molecule has 10 nitrogen and oxygen atoms in total. The average molecular weight is 425 g/mol. The van der Waals surface area contributed by atoms with Gasteiger partial charge in [0.2, 0.25) is 0 Å². The van der Waals surface area contributed by atoms with Crippen molar-refractivity contribution in [1.29, 1.82) is 0 Å². The highest BCUT2D eigenvalue weighted by Gasteiger charge is 2.34. The molecule has 0 heterocycles. The third-order valence-electron chi connectivity index (χ3n) is 4.53. The number of rotatable bonds is 12. The highest BCUT2D eigenvalue weighted by molar-refractivity contribution is 5.80. The number of aliphatic hydroxyl groups is 1. The average Bonchev–Trinajstić information content (AvgIpc) is 2.68. The number of benzene rings is 1. The number of hydrogen-bond donors (Lipinski definition) is 5. The Kier molecular flexibility index (Phi) is 10.4. The Morgan fingerprint density at radius 2 is 1.53 bits per heavy atom. The van der Waals surface area contributed by atoms with Crippen LogP contribution in [0, 0.1) is 0 Å². The van der Waals surface area contributed by atoms with E-state index in [1.54, 1.807) is 0 Å². The summed E-state index contributed by atoms with van der Waals surface area (Å²) in [4.78, 5) is 35.8. The molecule has 0 aromatic heterocycles. The summed E-state index contributed by atoms with van der Waals surface area (Å²) >= 11 is 0. The molecule has 6 atom stereocenters. The Morgan fingerprint density at radius 3 is 2.03 bits per heavy atom. The molecule has 0 saturated heterocycles. The summed E-state index contributed by atoms with van der Waals surface area (Å²) in [5.41, 5.74) is 6.36. The molecule has 0 amide bonds. The van der Waals surface area contributed by atoms with Gasteiger partial charge in [-0.15, -0.1) is 0 Å². The van der Waals surface area contributed by atoms with E-state index in [2.05, 4.69) is 10.6 Å². The third kappa shape index (κ3) is 7.71. The molecule has 6 N–H and O–H groups in total. The maximum atomic E-state index is 12.6. The zero-order valence-corrected chi connectivity index (χ0v) is 17.6. The number of nitrogens with two attached hydrogens (primary N) is 1. The largest absolute Gasteiger partial charge is 0.480 e. The van der Waals surface area contributed by atoms with Crippen molar-refractivity contribution in [1.82, 2.24) is 10.6 Å². The lowest BCUT2D eigenvalue weighted by Crippen LogP contribution is -2.52. The molecule has 30 heavy (non-hydrogen) atoms. The van der Waals surface area contributed by atoms with Gasteiger partial charge in [0.1, 0.15) is 30.3 Å². The molecule has 10 heteroatoms. The Labute approximate surface area is 175 Å². The summed E-state index contributed by atoms with van der Waals surface area (Å²) in [6.07, 6.45) is -3.07. The first-order chi connectivity index (χ1) is 14.1. The van der Waals surface area contributed by atoms with E-state index in [0.29, 0.717) is 6.54 Å². The number of aliphatic carboxylic acids is 1. The summed E-state index contributed by atoms with van der Waals surface area (Å²) in [6, 6.07) is 5.87. The van der Waals surface area contributed by atoms with Crippen molar-refractivity contribution in [2.45, 2.75) is 63.8 Å². The minimum atomic E-state index is -1.38. The Morgan fingerprint density at radius 1 is 1.00 bits per heavy atom. The Bertz CT molecular complexity index is 699. The molecule has 1 aromatic carbocycles. The predicted octanol–water partition coefficient (Wildman–Crippen LogP) is -0.611. The highest BCUT2D eigenvalue weighted by atomic mass is 16.6. The van der Waals surface area contributed by atoms with E-state index in [1.807, 2.05) is 30.3 Å². The quantitative estimate of drug-likeness (QED) is 0.273. The molecule has 0 unspecified atom stereocenters. The maximum Gasteiger partial charge on any atom is 0.327 e. The van der Waals surface area contributed by atoms with Gasteiger partial charge in [-0.1, -0.05) is 30.3 Å². The molecule has 1 rings (SSSR count). The number of carbonyl (C=O) groups excluding carboxylic acids is 2. The van der Waals surface area contributed by atoms with Gasteiger partial charge < -0.3 is 30.7 Å². The maximum absolute atomic E-state index is 12.6. The number of nitrogens with one attached hydrogen (secondary N) is 2. The van der Waals surface area contributed by atoms with Gasteiger partial charge in [0.25, 0.3) is 0 Å². The third-order valence-corrected chi connectivity index (χ3v) is 4.53. The molecule has 168 valence electrons. The van der Waals surface area contributed by atoms with Crippen LogP contribution in [0.1, 0.15) is 26.3 Å². The fourth-order valence-corrected chi connectivity index (χ4v) is 2.67. The molecular formula is C20H31N3O7. The number of likely N-dealkylation sites (N-methyl/N-ethyl adjacent to an activating group) is 1. The standard InChI is InChI=1S/C20H31N3O7/c1-11(24)16(23-10-14-8-6-5-7-9-14)19(27)30-13(3)17(22-4)20(28)29-12(2)15(21)18(25)26/h5-9,11-13,15-17,22-24H,10,21H2,1-4H3,(H,25,26)/t11-,12-,13-,15+,16+,17+/m1/s1. The van der Waals surface area contributed by atoms with Crippen LogP contribution in [0.3, 0.4) is 0 Å². The second-order valence-corrected chi connectivity index (χ2v) is 7.00. The van der Waals surface area contributed by atoms with E-state index in [4.69, 9.17) is 20.3 Å². The van der Waals surface area contributed by atoms with Crippen molar-refractivity contribution in [3.8, 4) is 0 Å². The summed E-state index contributed by atoms with van der Waals surface area (Å²) in [5.74, 6) is -2.86. The topological polar surface area (TPSA) is 160 Å². The summed E-state index contributed by atoms with van der Waals surface area (Å²) in [5, 5.41) is 24.5. The molecule has 0 fully saturated rings. The fraction of sp³-hybridized carbons (Fsp3) is 0.550. The highest BCUT2D eigenvalue weighted by Crippen LogP contribution is 2.09. The normalized spacial score (nSPS) is 17.1. The van der Waals surface area contributed by atoms with Crippen molar-refractivity contribution in [3.05, 3.63) is 35.9 Å². The first-order valence-corrected chi connectivity index (χ1v) is 9.60. The molecule has 0 bridgehead atoms. The molecule has 0 aliphatic heterocycles. The summed E-state index contributed by atoms with van der Waals surface area (Å²) in [7, 11) is 1.47. The monoisotopic (exact) mass is 425 g/mol. The van der Waals surface area contributed by atoms with Crippen LogP contribution in [-0.2, 0) is 30.4 Å². The fourth-order valence-electron chi connectivity index (χ4n) is 2.67. The van der Waals surface area contributed by atoms with Crippen molar-refractivity contribution >= 4 is 17.9 Å². The first kappa shape index (κ1) is 25.5. The second-order valence-electron chi connectivity index (χ2n) is 7.00. The molecule has 0 aliphatic rings. The van der Waals surface area contributed by atoms with Gasteiger partial charge >= 0.3 is 17.9 Å². The van der Waals surface area contributed by atoms with Gasteiger partial charge in [-0.25, -0.2) is 0 Å². The Hall–Kier alpha value is -2.53. The van der Waals surface area contributed by atoms with Crippen molar-refractivity contribution in [2.24, 2.45) is 5.73 Å². The minimum absolute atomic E-state index is 0.335. The summed E-state index contributed by atoms with van der Waals surface area (Å²) in [6.45, 7) is 4.63. The van der Waals surface area contributed by atoms with Crippen LogP contribution in [0.4, 0.5) is 0 Å². The Balaban J connectivity index is 2.72. The van der Waals surface area contributed by atoms with Crippen LogP contribution in [0.2, 0.25) is 0 Å². The smallest absolute Gasteiger partial charge is 0.327 e. The summed E-state index contributed by atoms with van der Waals surface area (Å²) < 4.78 is 10.4. The number of carboxylic acid groups (broad SMARTS) is 1. The predicted molar refractivity (Wildman–Crippen MR) is 108 cm³/mol. The van der Waals surface area contributed by atoms with E-state index >= 15 is 0 Å². The minimum Gasteiger partial charge on any atom is -0.480 e. The zero-order chi connectivity index (χ0) is 22.8. The zero-order valence-electron chi connectivity index (χ0n) is 17.6. The molecule has 0 spiro atoms. The number of carbonyl (C=O) groups is 3. The number of hydrogen-bond acceptors (Lipinski definition) is 9. The van der Waals surface area contributed by atoms with Crippen molar-refractivity contribution < 1.29 is 34.1 Å². The first-order valence-electron chi connectivity index (χ1n) is 9.60.